The van der Waals surface area contributed by atoms with Gasteiger partial charge in [0.1, 0.15) is 4.90 Å². The predicted molar refractivity (Wildman–Crippen MR) is 86.6 cm³/mol. The predicted octanol–water partition coefficient (Wildman–Crippen LogP) is 2.75. The normalized spacial score (nSPS) is 11.6. The summed E-state index contributed by atoms with van der Waals surface area (Å²) in [6.07, 6.45) is 2.30. The molecule has 8 heteroatoms. The van der Waals surface area contributed by atoms with Crippen LogP contribution < -0.4 is 10.5 Å². The maximum Gasteiger partial charge on any atom is 0.267 e. The third-order valence-electron chi connectivity index (χ3n) is 2.93. The van der Waals surface area contributed by atoms with Crippen molar-refractivity contribution in [2.24, 2.45) is 0 Å². The van der Waals surface area contributed by atoms with Crippen molar-refractivity contribution in [2.45, 2.75) is 31.7 Å². The quantitative estimate of drug-likeness (QED) is 0.843. The molecular formula is C13H17BrN4O2S. The van der Waals surface area contributed by atoms with Gasteiger partial charge in [0.05, 0.1) is 5.69 Å². The molecule has 1 aromatic carbocycles. The SMILES string of the molecule is CCCn1cc(S(=O)(=O)Nc2ccc(Br)cc2C)c(N)n1. The molecule has 1 aromatic heterocycles. The summed E-state index contributed by atoms with van der Waals surface area (Å²) in [5.74, 6) is 0.00529. The number of aryl methyl sites for hydroxylation is 2. The fourth-order valence-electron chi connectivity index (χ4n) is 1.91. The van der Waals surface area contributed by atoms with E-state index in [1.54, 1.807) is 16.8 Å². The molecule has 3 N–H and O–H groups in total. The van der Waals surface area contributed by atoms with E-state index in [-0.39, 0.29) is 10.7 Å². The van der Waals surface area contributed by atoms with Gasteiger partial charge in [0.2, 0.25) is 0 Å². The first-order valence-corrected chi connectivity index (χ1v) is 8.73. The molecule has 0 aliphatic rings. The average molecular weight is 373 g/mol. The molecule has 0 bridgehead atoms. The minimum absolute atomic E-state index is 0.00160. The summed E-state index contributed by atoms with van der Waals surface area (Å²) < 4.78 is 29.8. The van der Waals surface area contributed by atoms with E-state index in [2.05, 4.69) is 25.8 Å². The first kappa shape index (κ1) is 15.8. The fourth-order valence-corrected chi connectivity index (χ4v) is 3.59. The molecule has 0 unspecified atom stereocenters. The Balaban J connectivity index is 2.34. The third-order valence-corrected chi connectivity index (χ3v) is 4.81. The lowest BCUT2D eigenvalue weighted by Gasteiger charge is -2.09. The van der Waals surface area contributed by atoms with Crippen LogP contribution in [0.15, 0.2) is 33.8 Å². The zero-order chi connectivity index (χ0) is 15.6. The number of halogens is 1. The van der Waals surface area contributed by atoms with Gasteiger partial charge in [-0.25, -0.2) is 8.42 Å². The highest BCUT2D eigenvalue weighted by Gasteiger charge is 2.21. The van der Waals surface area contributed by atoms with E-state index < -0.39 is 10.0 Å². The van der Waals surface area contributed by atoms with Gasteiger partial charge in [0.25, 0.3) is 10.0 Å². The lowest BCUT2D eigenvalue weighted by Crippen LogP contribution is -2.14. The van der Waals surface area contributed by atoms with Crippen molar-refractivity contribution in [3.8, 4) is 0 Å². The summed E-state index contributed by atoms with van der Waals surface area (Å²) in [6, 6.07) is 5.31. The fraction of sp³-hybridized carbons (Fsp3) is 0.308. The highest BCUT2D eigenvalue weighted by molar-refractivity contribution is 9.10. The Kier molecular flexibility index (Phi) is 4.58. The zero-order valence-corrected chi connectivity index (χ0v) is 14.2. The first-order chi connectivity index (χ1) is 9.83. The maximum atomic E-state index is 12.4. The summed E-state index contributed by atoms with van der Waals surface area (Å²) in [6.45, 7) is 4.43. The van der Waals surface area contributed by atoms with Gasteiger partial charge < -0.3 is 5.73 Å². The first-order valence-electron chi connectivity index (χ1n) is 6.45. The molecule has 1 heterocycles. The summed E-state index contributed by atoms with van der Waals surface area (Å²) in [7, 11) is -3.75. The van der Waals surface area contributed by atoms with Crippen LogP contribution in [0.25, 0.3) is 0 Å². The number of anilines is 2. The molecule has 2 rings (SSSR count). The molecule has 0 aliphatic heterocycles. The average Bonchev–Trinajstić information content (AvgIpc) is 2.75. The lowest BCUT2D eigenvalue weighted by molar-refractivity contribution is 0.595. The number of hydrogen-bond donors (Lipinski definition) is 2. The van der Waals surface area contributed by atoms with E-state index in [9.17, 15) is 8.42 Å². The number of nitrogens with zero attached hydrogens (tertiary/aromatic N) is 2. The van der Waals surface area contributed by atoms with Gasteiger partial charge >= 0.3 is 0 Å². The number of hydrogen-bond acceptors (Lipinski definition) is 4. The van der Waals surface area contributed by atoms with Gasteiger partial charge in [-0.3, -0.25) is 9.40 Å². The van der Waals surface area contributed by atoms with E-state index >= 15 is 0 Å². The summed E-state index contributed by atoms with van der Waals surface area (Å²) in [4.78, 5) is -0.00160. The van der Waals surface area contributed by atoms with Crippen LogP contribution >= 0.6 is 15.9 Å². The second kappa shape index (κ2) is 6.07. The second-order valence-corrected chi connectivity index (χ2v) is 7.27. The van der Waals surface area contributed by atoms with E-state index in [0.717, 1.165) is 16.5 Å². The van der Waals surface area contributed by atoms with E-state index in [0.29, 0.717) is 12.2 Å². The van der Waals surface area contributed by atoms with Crippen LogP contribution in [0, 0.1) is 6.92 Å². The molecule has 0 fully saturated rings. The standard InChI is InChI=1S/C13H17BrN4O2S/c1-3-6-18-8-12(13(15)16-18)21(19,20)17-11-5-4-10(14)7-9(11)2/h4-5,7-8,17H,3,6H2,1-2H3,(H2,15,16). The van der Waals surface area contributed by atoms with E-state index in [4.69, 9.17) is 5.73 Å². The minimum Gasteiger partial charge on any atom is -0.381 e. The Morgan fingerprint density at radius 3 is 2.76 bits per heavy atom. The van der Waals surface area contributed by atoms with Crippen LogP contribution in [0.5, 0.6) is 0 Å². The van der Waals surface area contributed by atoms with Gasteiger partial charge in [-0.2, -0.15) is 5.10 Å². The van der Waals surface area contributed by atoms with Crippen LogP contribution in [0.3, 0.4) is 0 Å². The molecule has 0 amide bonds. The maximum absolute atomic E-state index is 12.4. The second-order valence-electron chi connectivity index (χ2n) is 4.71. The van der Waals surface area contributed by atoms with E-state index in [1.165, 1.54) is 6.20 Å². The topological polar surface area (TPSA) is 90.0 Å². The highest BCUT2D eigenvalue weighted by Crippen LogP contribution is 2.25. The highest BCUT2D eigenvalue weighted by atomic mass is 79.9. The number of rotatable bonds is 5. The van der Waals surface area contributed by atoms with Crippen molar-refractivity contribution in [3.63, 3.8) is 0 Å². The monoisotopic (exact) mass is 372 g/mol. The Hall–Kier alpha value is -1.54. The van der Waals surface area contributed by atoms with Crippen molar-refractivity contribution < 1.29 is 8.42 Å². The third kappa shape index (κ3) is 3.56. The van der Waals surface area contributed by atoms with Gasteiger partial charge in [0, 0.05) is 17.2 Å². The molecule has 0 saturated carbocycles. The molecule has 0 atom stereocenters. The largest absolute Gasteiger partial charge is 0.381 e. The Morgan fingerprint density at radius 2 is 2.14 bits per heavy atom. The summed E-state index contributed by atoms with van der Waals surface area (Å²) in [5.41, 5.74) is 7.04. The Morgan fingerprint density at radius 1 is 1.43 bits per heavy atom. The van der Waals surface area contributed by atoms with Gasteiger partial charge in [0.15, 0.2) is 5.82 Å². The smallest absolute Gasteiger partial charge is 0.267 e. The molecular weight excluding hydrogens is 356 g/mol. The van der Waals surface area contributed by atoms with Crippen molar-refractivity contribution in [3.05, 3.63) is 34.4 Å². The summed E-state index contributed by atoms with van der Waals surface area (Å²) in [5, 5.41) is 4.01. The zero-order valence-electron chi connectivity index (χ0n) is 11.8. The van der Waals surface area contributed by atoms with Gasteiger partial charge in [-0.05, 0) is 37.1 Å². The van der Waals surface area contributed by atoms with Crippen molar-refractivity contribution in [2.75, 3.05) is 10.5 Å². The number of benzene rings is 1. The van der Waals surface area contributed by atoms with Crippen molar-refractivity contribution >= 4 is 37.5 Å². The van der Waals surface area contributed by atoms with Gasteiger partial charge in [-0.1, -0.05) is 22.9 Å². The van der Waals surface area contributed by atoms with Crippen LogP contribution in [0.2, 0.25) is 0 Å². The van der Waals surface area contributed by atoms with Crippen molar-refractivity contribution in [1.82, 2.24) is 9.78 Å². The Bertz CT molecular complexity index is 756. The van der Waals surface area contributed by atoms with Gasteiger partial charge in [-0.15, -0.1) is 0 Å². The summed E-state index contributed by atoms with van der Waals surface area (Å²) >= 11 is 3.34. The molecule has 6 nitrogen and oxygen atoms in total. The number of nitrogens with two attached hydrogens (primary N) is 1. The molecule has 0 aliphatic carbocycles. The van der Waals surface area contributed by atoms with Crippen LogP contribution in [-0.2, 0) is 16.6 Å². The number of nitrogen functional groups attached to an aromatic ring is 1. The number of aromatic nitrogens is 2. The van der Waals surface area contributed by atoms with Crippen LogP contribution in [0.4, 0.5) is 11.5 Å². The van der Waals surface area contributed by atoms with Crippen molar-refractivity contribution in [1.29, 1.82) is 0 Å². The Labute approximate surface area is 132 Å². The molecule has 21 heavy (non-hydrogen) atoms. The number of sulfonamides is 1. The molecule has 114 valence electrons. The number of nitrogens with one attached hydrogen (secondary N) is 1. The molecule has 0 radical (unpaired) electrons. The minimum atomic E-state index is -3.75. The lowest BCUT2D eigenvalue weighted by atomic mass is 10.2. The molecule has 0 spiro atoms. The van der Waals surface area contributed by atoms with E-state index in [1.807, 2.05) is 19.9 Å². The van der Waals surface area contributed by atoms with Crippen LogP contribution in [0.1, 0.15) is 18.9 Å². The molecule has 2 aromatic rings. The van der Waals surface area contributed by atoms with Crippen LogP contribution in [-0.4, -0.2) is 18.2 Å². The molecule has 0 saturated heterocycles.